The van der Waals surface area contributed by atoms with Crippen LogP contribution in [0.5, 0.6) is 0 Å². The van der Waals surface area contributed by atoms with Crippen molar-refractivity contribution in [3.05, 3.63) is 0 Å². The summed E-state index contributed by atoms with van der Waals surface area (Å²) >= 11 is 0. The van der Waals surface area contributed by atoms with Crippen LogP contribution in [-0.2, 0) is 27.8 Å². The Labute approximate surface area is 105 Å². The predicted molar refractivity (Wildman–Crippen MR) is 53.7 cm³/mol. The molecule has 0 rings (SSSR count). The van der Waals surface area contributed by atoms with Crippen molar-refractivity contribution >= 4 is 27.6 Å². The minimum Gasteiger partial charge on any atom is -0.480 e. The van der Waals surface area contributed by atoms with Gasteiger partial charge in [0.1, 0.15) is 0 Å². The zero-order chi connectivity index (χ0) is 15.5. The SMILES string of the molecule is O=C(O)C(COP(=O)(O)O)(COP(=O)(O)O)C(=O)O. The van der Waals surface area contributed by atoms with Crippen LogP contribution < -0.4 is 0 Å². The topological polar surface area (TPSA) is 208 Å². The maximum absolute atomic E-state index is 10.8. The van der Waals surface area contributed by atoms with Crippen LogP contribution in [0, 0.1) is 5.41 Å². The maximum atomic E-state index is 10.8. The minimum atomic E-state index is -5.18. The van der Waals surface area contributed by atoms with Crippen molar-refractivity contribution < 1.29 is 57.6 Å². The first-order valence-electron chi connectivity index (χ1n) is 4.17. The lowest BCUT2D eigenvalue weighted by Gasteiger charge is -2.24. The van der Waals surface area contributed by atoms with Gasteiger partial charge in [0.05, 0.1) is 13.2 Å². The van der Waals surface area contributed by atoms with Gasteiger partial charge in [-0.1, -0.05) is 0 Å². The first kappa shape index (κ1) is 18.2. The Bertz CT molecular complexity index is 401. The fourth-order valence-electron chi connectivity index (χ4n) is 0.769. The third-order valence-corrected chi connectivity index (χ3v) is 2.71. The Hall–Kier alpha value is -0.840. The van der Waals surface area contributed by atoms with E-state index in [0.717, 1.165) is 0 Å². The summed E-state index contributed by atoms with van der Waals surface area (Å²) in [5, 5.41) is 17.5. The molecule has 0 unspecified atom stereocenters. The predicted octanol–water partition coefficient (Wildman–Crippen LogP) is -1.64. The summed E-state index contributed by atoms with van der Waals surface area (Å²) in [6.45, 7) is -3.11. The van der Waals surface area contributed by atoms with Crippen LogP contribution in [0.2, 0.25) is 0 Å². The molecule has 0 aromatic heterocycles. The number of hydrogen-bond acceptors (Lipinski definition) is 6. The van der Waals surface area contributed by atoms with Gasteiger partial charge in [-0.15, -0.1) is 0 Å². The number of phosphoric ester groups is 2. The molecule has 0 aromatic rings. The molecule has 0 aliphatic carbocycles. The van der Waals surface area contributed by atoms with Crippen molar-refractivity contribution in [2.45, 2.75) is 0 Å². The zero-order valence-electron chi connectivity index (χ0n) is 8.94. The van der Waals surface area contributed by atoms with Crippen molar-refractivity contribution in [3.8, 4) is 0 Å². The minimum absolute atomic E-state index is 1.55. The van der Waals surface area contributed by atoms with E-state index in [1.54, 1.807) is 0 Å². The van der Waals surface area contributed by atoms with Gasteiger partial charge in [-0.25, -0.2) is 9.13 Å². The van der Waals surface area contributed by atoms with Crippen molar-refractivity contribution in [3.63, 3.8) is 0 Å². The molecule has 0 aliphatic heterocycles. The van der Waals surface area contributed by atoms with Crippen molar-refractivity contribution in [1.29, 1.82) is 0 Å². The van der Waals surface area contributed by atoms with Crippen LogP contribution in [0.25, 0.3) is 0 Å². The van der Waals surface area contributed by atoms with Crippen molar-refractivity contribution in [2.24, 2.45) is 5.41 Å². The van der Waals surface area contributed by atoms with Crippen LogP contribution >= 0.6 is 15.6 Å². The number of phosphoric acid groups is 2. The van der Waals surface area contributed by atoms with Gasteiger partial charge in [0.25, 0.3) is 0 Å². The molecule has 0 bridgehead atoms. The third-order valence-electron chi connectivity index (χ3n) is 1.78. The monoisotopic (exact) mass is 324 g/mol. The second-order valence-electron chi connectivity index (χ2n) is 3.22. The Morgan fingerprint density at radius 3 is 1.26 bits per heavy atom. The fraction of sp³-hybridized carbons (Fsp3) is 0.600. The molecule has 0 saturated carbocycles. The van der Waals surface area contributed by atoms with E-state index in [1.807, 2.05) is 0 Å². The summed E-state index contributed by atoms with van der Waals surface area (Å²) in [5.74, 6) is -4.30. The van der Waals surface area contributed by atoms with Gasteiger partial charge in [0, 0.05) is 0 Å². The third kappa shape index (κ3) is 6.23. The lowest BCUT2D eigenvalue weighted by atomic mass is 9.91. The highest BCUT2D eigenvalue weighted by Crippen LogP contribution is 2.41. The molecule has 19 heavy (non-hydrogen) atoms. The molecule has 0 fully saturated rings. The van der Waals surface area contributed by atoms with Crippen LogP contribution in [0.4, 0.5) is 0 Å². The summed E-state index contributed by atoms with van der Waals surface area (Å²) in [6.07, 6.45) is 0. The molecule has 6 N–H and O–H groups in total. The Morgan fingerprint density at radius 1 is 0.842 bits per heavy atom. The van der Waals surface area contributed by atoms with Gasteiger partial charge in [0.15, 0.2) is 0 Å². The normalized spacial score (nSPS) is 13.3. The highest BCUT2D eigenvalue weighted by molar-refractivity contribution is 7.46. The number of carboxylic acids is 2. The number of carbonyl (C=O) groups is 2. The Kier molecular flexibility index (Phi) is 5.81. The fourth-order valence-corrected chi connectivity index (χ4v) is 1.55. The molecule has 0 aromatic carbocycles. The van der Waals surface area contributed by atoms with Crippen LogP contribution in [0.15, 0.2) is 0 Å². The number of carboxylic acid groups (broad SMARTS) is 2. The average molecular weight is 324 g/mol. The van der Waals surface area contributed by atoms with Gasteiger partial charge < -0.3 is 29.8 Å². The largest absolute Gasteiger partial charge is 0.480 e. The zero-order valence-corrected chi connectivity index (χ0v) is 10.7. The molecule has 112 valence electrons. The van der Waals surface area contributed by atoms with E-state index in [0.29, 0.717) is 0 Å². The van der Waals surface area contributed by atoms with E-state index in [4.69, 9.17) is 29.8 Å². The number of rotatable bonds is 8. The lowest BCUT2D eigenvalue weighted by molar-refractivity contribution is -0.170. The van der Waals surface area contributed by atoms with Crippen molar-refractivity contribution in [1.82, 2.24) is 0 Å². The first-order valence-corrected chi connectivity index (χ1v) is 7.23. The Balaban J connectivity index is 5.21. The van der Waals surface area contributed by atoms with Crippen LogP contribution in [0.1, 0.15) is 0 Å². The average Bonchev–Trinajstić information content (AvgIpc) is 2.13. The molecular formula is C5H10O12P2. The Morgan fingerprint density at radius 2 is 1.11 bits per heavy atom. The van der Waals surface area contributed by atoms with Gasteiger partial charge in [-0.2, -0.15) is 0 Å². The smallest absolute Gasteiger partial charge is 0.469 e. The summed E-state index contributed by atoms with van der Waals surface area (Å²) < 4.78 is 28.3. The maximum Gasteiger partial charge on any atom is 0.469 e. The molecule has 0 aliphatic rings. The van der Waals surface area contributed by atoms with E-state index in [1.165, 1.54) is 0 Å². The highest BCUT2D eigenvalue weighted by Gasteiger charge is 2.50. The van der Waals surface area contributed by atoms with E-state index in [9.17, 15) is 18.7 Å². The summed E-state index contributed by atoms with van der Waals surface area (Å²) in [4.78, 5) is 55.2. The molecule has 14 heteroatoms. The second-order valence-corrected chi connectivity index (χ2v) is 5.70. The molecule has 0 spiro atoms. The standard InChI is InChI=1S/C5H10O12P2/c6-3(7)5(4(8)9,1-16-18(10,11)12)2-17-19(13,14)15/h1-2H2,(H,6,7)(H,8,9)(H2,10,11,12)(H2,13,14,15). The molecule has 0 heterocycles. The van der Waals surface area contributed by atoms with Gasteiger partial charge in [-0.05, 0) is 0 Å². The lowest BCUT2D eigenvalue weighted by Crippen LogP contribution is -2.46. The van der Waals surface area contributed by atoms with E-state index in [-0.39, 0.29) is 0 Å². The van der Waals surface area contributed by atoms with Gasteiger partial charge >= 0.3 is 27.6 Å². The van der Waals surface area contributed by atoms with E-state index >= 15 is 0 Å². The summed E-state index contributed by atoms with van der Waals surface area (Å²) in [7, 11) is -10.4. The van der Waals surface area contributed by atoms with Crippen molar-refractivity contribution in [2.75, 3.05) is 13.2 Å². The van der Waals surface area contributed by atoms with E-state index in [2.05, 4.69) is 9.05 Å². The molecule has 0 radical (unpaired) electrons. The number of hydrogen-bond donors (Lipinski definition) is 6. The molecule has 12 nitrogen and oxygen atoms in total. The highest BCUT2D eigenvalue weighted by atomic mass is 31.2. The summed E-state index contributed by atoms with van der Waals surface area (Å²) in [6, 6.07) is 0. The second kappa shape index (κ2) is 6.07. The number of aliphatic carboxylic acids is 2. The molecular weight excluding hydrogens is 314 g/mol. The van der Waals surface area contributed by atoms with Crippen LogP contribution in [-0.4, -0.2) is 54.9 Å². The van der Waals surface area contributed by atoms with E-state index < -0.39 is 46.2 Å². The van der Waals surface area contributed by atoms with Gasteiger partial charge in [-0.3, -0.25) is 18.6 Å². The quantitative estimate of drug-likeness (QED) is 0.219. The molecule has 0 amide bonds. The van der Waals surface area contributed by atoms with Crippen LogP contribution in [0.3, 0.4) is 0 Å². The first-order chi connectivity index (χ1) is 8.30. The molecule has 0 atom stereocenters. The molecule has 0 saturated heterocycles. The van der Waals surface area contributed by atoms with Gasteiger partial charge in [0.2, 0.25) is 5.41 Å². The summed E-state index contributed by atoms with van der Waals surface area (Å²) in [5.41, 5.74) is -3.08.